The third-order valence-electron chi connectivity index (χ3n) is 3.44. The maximum absolute atomic E-state index is 13.5. The molecule has 138 valence electrons. The molecular weight excluding hydrogens is 385 g/mol. The third kappa shape index (κ3) is 4.01. The Balaban J connectivity index is 2.37. The lowest BCUT2D eigenvalue weighted by molar-refractivity contribution is 0.0992. The molecule has 26 heavy (non-hydrogen) atoms. The summed E-state index contributed by atoms with van der Waals surface area (Å²) in [5.74, 6) is -2.47. The highest BCUT2D eigenvalue weighted by atomic mass is 35.5. The molecule has 0 spiro atoms. The predicted octanol–water partition coefficient (Wildman–Crippen LogP) is 2.08. The van der Waals surface area contributed by atoms with E-state index in [2.05, 4.69) is 5.32 Å². The number of hydrogen-bond acceptors (Lipinski definition) is 4. The molecule has 2 amide bonds. The fourth-order valence-corrected chi connectivity index (χ4v) is 3.43. The zero-order chi connectivity index (χ0) is 19.6. The molecule has 7 nitrogen and oxygen atoms in total. The van der Waals surface area contributed by atoms with Crippen molar-refractivity contribution in [1.29, 1.82) is 0 Å². The lowest BCUT2D eigenvalue weighted by Gasteiger charge is -2.14. The van der Waals surface area contributed by atoms with Gasteiger partial charge in [-0.15, -0.1) is 0 Å². The largest absolute Gasteiger partial charge is 0.366 e. The molecule has 0 atom stereocenters. The molecule has 0 aliphatic rings. The highest BCUT2D eigenvalue weighted by molar-refractivity contribution is 7.89. The molecule has 0 heterocycles. The van der Waals surface area contributed by atoms with E-state index >= 15 is 0 Å². The van der Waals surface area contributed by atoms with Crippen LogP contribution in [0.5, 0.6) is 0 Å². The number of anilines is 1. The van der Waals surface area contributed by atoms with Crippen LogP contribution in [0.2, 0.25) is 5.02 Å². The van der Waals surface area contributed by atoms with Crippen molar-refractivity contribution in [2.24, 2.45) is 5.73 Å². The van der Waals surface area contributed by atoms with Gasteiger partial charge in [-0.1, -0.05) is 11.6 Å². The maximum atomic E-state index is 13.5. The zero-order valence-corrected chi connectivity index (χ0v) is 15.4. The Morgan fingerprint density at radius 1 is 1.15 bits per heavy atom. The normalized spacial score (nSPS) is 11.4. The van der Waals surface area contributed by atoms with E-state index < -0.39 is 27.7 Å². The van der Waals surface area contributed by atoms with E-state index in [0.29, 0.717) is 0 Å². The molecule has 2 aromatic rings. The fourth-order valence-electron chi connectivity index (χ4n) is 2.03. The van der Waals surface area contributed by atoms with Gasteiger partial charge in [0.25, 0.3) is 11.8 Å². The first kappa shape index (κ1) is 19.8. The molecule has 0 radical (unpaired) electrons. The number of nitrogens with two attached hydrogens (primary N) is 1. The molecule has 0 unspecified atom stereocenters. The van der Waals surface area contributed by atoms with Gasteiger partial charge in [-0.05, 0) is 36.4 Å². The molecule has 0 aliphatic heterocycles. The van der Waals surface area contributed by atoms with Crippen molar-refractivity contribution in [3.05, 3.63) is 58.4 Å². The van der Waals surface area contributed by atoms with Gasteiger partial charge < -0.3 is 11.1 Å². The van der Waals surface area contributed by atoms with Crippen LogP contribution in [-0.4, -0.2) is 38.6 Å². The van der Waals surface area contributed by atoms with Gasteiger partial charge in [0.1, 0.15) is 10.7 Å². The van der Waals surface area contributed by atoms with Crippen molar-refractivity contribution in [3.63, 3.8) is 0 Å². The summed E-state index contributed by atoms with van der Waals surface area (Å²) in [4.78, 5) is 23.3. The fraction of sp³-hybridized carbons (Fsp3) is 0.125. The second-order valence-corrected chi connectivity index (χ2v) is 7.97. The molecule has 2 rings (SSSR count). The van der Waals surface area contributed by atoms with Crippen LogP contribution in [0.1, 0.15) is 20.7 Å². The lowest BCUT2D eigenvalue weighted by atomic mass is 10.1. The average Bonchev–Trinajstić information content (AvgIpc) is 2.56. The number of halogens is 2. The minimum atomic E-state index is -3.85. The number of sulfonamides is 1. The van der Waals surface area contributed by atoms with Gasteiger partial charge >= 0.3 is 0 Å². The van der Waals surface area contributed by atoms with Gasteiger partial charge in [0.05, 0.1) is 10.6 Å². The molecule has 0 saturated carbocycles. The first-order valence-electron chi connectivity index (χ1n) is 7.17. The van der Waals surface area contributed by atoms with E-state index in [9.17, 15) is 22.4 Å². The van der Waals surface area contributed by atoms with Gasteiger partial charge in [0.15, 0.2) is 0 Å². The topological polar surface area (TPSA) is 110 Å². The summed E-state index contributed by atoms with van der Waals surface area (Å²) in [7, 11) is -1.18. The first-order valence-corrected chi connectivity index (χ1v) is 8.98. The van der Waals surface area contributed by atoms with Crippen LogP contribution < -0.4 is 11.1 Å². The summed E-state index contributed by atoms with van der Waals surface area (Å²) in [6.07, 6.45) is 0. The molecular formula is C16H15ClFN3O4S. The number of hydrogen-bond donors (Lipinski definition) is 2. The van der Waals surface area contributed by atoms with Crippen LogP contribution in [0, 0.1) is 5.82 Å². The van der Waals surface area contributed by atoms with Gasteiger partial charge in [0, 0.05) is 25.3 Å². The predicted molar refractivity (Wildman–Crippen MR) is 95.2 cm³/mol. The molecule has 0 aliphatic carbocycles. The van der Waals surface area contributed by atoms with Crippen LogP contribution in [0.25, 0.3) is 0 Å². The van der Waals surface area contributed by atoms with E-state index in [1.165, 1.54) is 32.3 Å². The minimum absolute atomic E-state index is 0.0137. The standard InChI is InChI=1S/C16H15ClFN3O4S/c1-21(2)26(24,25)14-7-9(3-5-12(14)17)16(23)20-10-4-6-13(18)11(8-10)15(19)22/h3-8H,1-2H3,(H2,19,22)(H,20,23). The Morgan fingerprint density at radius 2 is 1.81 bits per heavy atom. The van der Waals surface area contributed by atoms with Crippen LogP contribution >= 0.6 is 11.6 Å². The number of nitrogens with zero attached hydrogens (tertiary/aromatic N) is 1. The van der Waals surface area contributed by atoms with Crippen molar-refractivity contribution in [1.82, 2.24) is 4.31 Å². The third-order valence-corrected chi connectivity index (χ3v) is 5.74. The van der Waals surface area contributed by atoms with Gasteiger partial charge in [-0.25, -0.2) is 17.1 Å². The summed E-state index contributed by atoms with van der Waals surface area (Å²) < 4.78 is 39.0. The van der Waals surface area contributed by atoms with Crippen molar-refractivity contribution in [3.8, 4) is 0 Å². The Morgan fingerprint density at radius 3 is 2.38 bits per heavy atom. The smallest absolute Gasteiger partial charge is 0.255 e. The molecule has 2 aromatic carbocycles. The SMILES string of the molecule is CN(C)S(=O)(=O)c1cc(C(=O)Nc2ccc(F)c(C(N)=O)c2)ccc1Cl. The molecule has 0 fully saturated rings. The van der Waals surface area contributed by atoms with E-state index in [0.717, 1.165) is 22.5 Å². The van der Waals surface area contributed by atoms with Crippen molar-refractivity contribution in [2.75, 3.05) is 19.4 Å². The Bertz CT molecular complexity index is 993. The number of carbonyl (C=O) groups excluding carboxylic acids is 2. The number of amides is 2. The van der Waals surface area contributed by atoms with Crippen LogP contribution in [0.3, 0.4) is 0 Å². The monoisotopic (exact) mass is 399 g/mol. The van der Waals surface area contributed by atoms with E-state index in [1.807, 2.05) is 0 Å². The summed E-state index contributed by atoms with van der Waals surface area (Å²) in [6.45, 7) is 0. The molecule has 0 aromatic heterocycles. The highest BCUT2D eigenvalue weighted by Crippen LogP contribution is 2.25. The van der Waals surface area contributed by atoms with Gasteiger partial charge in [-0.3, -0.25) is 9.59 Å². The number of nitrogens with one attached hydrogen (secondary N) is 1. The summed E-state index contributed by atoms with van der Waals surface area (Å²) in [5.41, 5.74) is 4.82. The van der Waals surface area contributed by atoms with Gasteiger partial charge in [0.2, 0.25) is 10.0 Å². The molecule has 0 saturated heterocycles. The highest BCUT2D eigenvalue weighted by Gasteiger charge is 2.22. The van der Waals surface area contributed by atoms with Gasteiger partial charge in [-0.2, -0.15) is 0 Å². The summed E-state index contributed by atoms with van der Waals surface area (Å²) in [6, 6.07) is 7.07. The summed E-state index contributed by atoms with van der Waals surface area (Å²) in [5, 5.41) is 2.41. The molecule has 10 heteroatoms. The maximum Gasteiger partial charge on any atom is 0.255 e. The second kappa shape index (κ2) is 7.40. The van der Waals surface area contributed by atoms with Crippen molar-refractivity contribution < 1.29 is 22.4 Å². The van der Waals surface area contributed by atoms with Crippen LogP contribution in [0.15, 0.2) is 41.3 Å². The van der Waals surface area contributed by atoms with E-state index in [4.69, 9.17) is 17.3 Å². The minimum Gasteiger partial charge on any atom is -0.366 e. The molecule has 0 bridgehead atoms. The van der Waals surface area contributed by atoms with Crippen molar-refractivity contribution >= 4 is 39.1 Å². The van der Waals surface area contributed by atoms with Crippen molar-refractivity contribution in [2.45, 2.75) is 4.90 Å². The quantitative estimate of drug-likeness (QED) is 0.801. The second-order valence-electron chi connectivity index (χ2n) is 5.45. The van der Waals surface area contributed by atoms with Crippen LogP contribution in [-0.2, 0) is 10.0 Å². The Labute approximate surface area is 154 Å². The number of primary amides is 1. The number of benzene rings is 2. The Kier molecular flexibility index (Phi) is 5.65. The van der Waals surface area contributed by atoms with E-state index in [1.54, 1.807) is 0 Å². The first-order chi connectivity index (χ1) is 12.0. The summed E-state index contributed by atoms with van der Waals surface area (Å²) >= 11 is 5.93. The zero-order valence-electron chi connectivity index (χ0n) is 13.8. The lowest BCUT2D eigenvalue weighted by Crippen LogP contribution is -2.23. The number of rotatable bonds is 5. The number of carbonyl (C=O) groups is 2. The molecule has 3 N–H and O–H groups in total. The Hall–Kier alpha value is -2.49. The van der Waals surface area contributed by atoms with E-state index in [-0.39, 0.29) is 26.7 Å². The van der Waals surface area contributed by atoms with Crippen LogP contribution in [0.4, 0.5) is 10.1 Å². The average molecular weight is 400 g/mol.